The van der Waals surface area contributed by atoms with E-state index < -0.39 is 0 Å². The molecule has 1 N–H and O–H groups in total. The number of esters is 1. The molecule has 1 aromatic heterocycles. The Hall–Kier alpha value is -4.05. The maximum atomic E-state index is 13.4. The molecule has 0 radical (unpaired) electrons. The number of ether oxygens (including phenoxy) is 2. The number of aromatic amines is 1. The number of nitrogens with zero attached hydrogens (tertiary/aromatic N) is 2. The SMILES string of the molecule is CCOC(=O)c1c(C)[nH]c(CN(Cc2ccc(OC)cc2)C(=O)c2ccc(C#N)cc2)c1C. The maximum Gasteiger partial charge on any atom is 0.340 e. The third-order valence-electron chi connectivity index (χ3n) is 5.45. The van der Waals surface area contributed by atoms with Gasteiger partial charge >= 0.3 is 5.97 Å². The second-order valence-corrected chi connectivity index (χ2v) is 7.65. The van der Waals surface area contributed by atoms with Gasteiger partial charge in [-0.15, -0.1) is 0 Å². The van der Waals surface area contributed by atoms with Crippen molar-refractivity contribution < 1.29 is 19.1 Å². The number of benzene rings is 2. The summed E-state index contributed by atoms with van der Waals surface area (Å²) in [5.41, 5.74) is 4.64. The van der Waals surface area contributed by atoms with E-state index in [2.05, 4.69) is 11.1 Å². The molecular weight excluding hydrogens is 418 g/mol. The van der Waals surface area contributed by atoms with Gasteiger partial charge in [0, 0.05) is 23.5 Å². The molecule has 0 aliphatic heterocycles. The van der Waals surface area contributed by atoms with Crippen LogP contribution in [0.3, 0.4) is 0 Å². The molecule has 0 spiro atoms. The van der Waals surface area contributed by atoms with Gasteiger partial charge < -0.3 is 19.4 Å². The summed E-state index contributed by atoms with van der Waals surface area (Å²) in [5.74, 6) is 0.174. The van der Waals surface area contributed by atoms with E-state index in [-0.39, 0.29) is 18.4 Å². The summed E-state index contributed by atoms with van der Waals surface area (Å²) in [5, 5.41) is 9.05. The lowest BCUT2D eigenvalue weighted by Gasteiger charge is -2.23. The Morgan fingerprint density at radius 2 is 1.70 bits per heavy atom. The number of aromatic nitrogens is 1. The quantitative estimate of drug-likeness (QED) is 0.514. The Labute approximate surface area is 193 Å². The van der Waals surface area contributed by atoms with Crippen LogP contribution in [0.1, 0.15) is 55.7 Å². The Bertz CT molecular complexity index is 1170. The van der Waals surface area contributed by atoms with Gasteiger partial charge in [0.25, 0.3) is 5.91 Å². The van der Waals surface area contributed by atoms with Crippen LogP contribution in [0.4, 0.5) is 0 Å². The average molecular weight is 446 g/mol. The standard InChI is InChI=1S/C26H27N3O4/c1-5-33-26(31)24-17(2)23(28-18(24)3)16-29(15-20-8-12-22(32-4)13-9-20)25(30)21-10-6-19(14-27)7-11-21/h6-13,28H,5,15-16H2,1-4H3. The van der Waals surface area contributed by atoms with Crippen LogP contribution >= 0.6 is 0 Å². The highest BCUT2D eigenvalue weighted by atomic mass is 16.5. The monoisotopic (exact) mass is 445 g/mol. The van der Waals surface area contributed by atoms with Crippen molar-refractivity contribution in [3.05, 3.63) is 87.7 Å². The summed E-state index contributed by atoms with van der Waals surface area (Å²) >= 11 is 0. The minimum atomic E-state index is -0.380. The average Bonchev–Trinajstić information content (AvgIpc) is 3.11. The van der Waals surface area contributed by atoms with Gasteiger partial charge in [0.1, 0.15) is 5.75 Å². The fraction of sp³-hybridized carbons (Fsp3) is 0.269. The van der Waals surface area contributed by atoms with E-state index in [0.29, 0.717) is 35.5 Å². The summed E-state index contributed by atoms with van der Waals surface area (Å²) in [4.78, 5) is 30.8. The topological polar surface area (TPSA) is 95.4 Å². The van der Waals surface area contributed by atoms with Gasteiger partial charge in [-0.3, -0.25) is 4.79 Å². The summed E-state index contributed by atoms with van der Waals surface area (Å²) in [7, 11) is 1.60. The Morgan fingerprint density at radius 3 is 2.27 bits per heavy atom. The molecule has 0 bridgehead atoms. The van der Waals surface area contributed by atoms with Crippen LogP contribution in [-0.4, -0.2) is 35.5 Å². The number of amides is 1. The molecule has 0 aliphatic rings. The highest BCUT2D eigenvalue weighted by Gasteiger charge is 2.23. The van der Waals surface area contributed by atoms with Crippen molar-refractivity contribution in [2.24, 2.45) is 0 Å². The van der Waals surface area contributed by atoms with E-state index in [0.717, 1.165) is 22.6 Å². The Balaban J connectivity index is 1.94. The van der Waals surface area contributed by atoms with Crippen LogP contribution < -0.4 is 4.74 Å². The first-order valence-corrected chi connectivity index (χ1v) is 10.7. The summed E-state index contributed by atoms with van der Waals surface area (Å²) in [6.45, 7) is 6.36. The summed E-state index contributed by atoms with van der Waals surface area (Å²) in [6, 6.07) is 16.1. The van der Waals surface area contributed by atoms with Crippen molar-refractivity contribution in [2.45, 2.75) is 33.9 Å². The van der Waals surface area contributed by atoms with Crippen LogP contribution in [-0.2, 0) is 17.8 Å². The number of rotatable bonds is 8. The van der Waals surface area contributed by atoms with Crippen LogP contribution in [0.15, 0.2) is 48.5 Å². The number of methoxy groups -OCH3 is 1. The number of nitrogens with one attached hydrogen (secondary N) is 1. The number of carbonyl (C=O) groups excluding carboxylic acids is 2. The second-order valence-electron chi connectivity index (χ2n) is 7.65. The Kier molecular flexibility index (Phi) is 7.52. The molecule has 0 fully saturated rings. The normalized spacial score (nSPS) is 10.4. The molecule has 1 amide bonds. The van der Waals surface area contributed by atoms with Gasteiger partial charge in [0.2, 0.25) is 0 Å². The van der Waals surface area contributed by atoms with Gasteiger partial charge in [-0.1, -0.05) is 12.1 Å². The van der Waals surface area contributed by atoms with Crippen LogP contribution in [0.2, 0.25) is 0 Å². The zero-order valence-corrected chi connectivity index (χ0v) is 19.3. The van der Waals surface area contributed by atoms with E-state index in [4.69, 9.17) is 14.7 Å². The molecule has 33 heavy (non-hydrogen) atoms. The minimum Gasteiger partial charge on any atom is -0.497 e. The minimum absolute atomic E-state index is 0.181. The zero-order chi connectivity index (χ0) is 24.0. The first kappa shape index (κ1) is 23.6. The van der Waals surface area contributed by atoms with Crippen molar-refractivity contribution in [3.8, 4) is 11.8 Å². The van der Waals surface area contributed by atoms with Crippen molar-refractivity contribution in [1.29, 1.82) is 5.26 Å². The molecule has 3 aromatic rings. The lowest BCUT2D eigenvalue weighted by molar-refractivity contribution is 0.0524. The molecule has 170 valence electrons. The molecule has 0 saturated heterocycles. The Morgan fingerprint density at radius 1 is 1.03 bits per heavy atom. The highest BCUT2D eigenvalue weighted by molar-refractivity contribution is 5.95. The second kappa shape index (κ2) is 10.5. The third-order valence-corrected chi connectivity index (χ3v) is 5.45. The van der Waals surface area contributed by atoms with Crippen LogP contribution in [0.5, 0.6) is 5.75 Å². The number of carbonyl (C=O) groups is 2. The van der Waals surface area contributed by atoms with Gasteiger partial charge in [0.05, 0.1) is 37.5 Å². The largest absolute Gasteiger partial charge is 0.497 e. The number of hydrogen-bond acceptors (Lipinski definition) is 5. The number of aryl methyl sites for hydroxylation is 1. The zero-order valence-electron chi connectivity index (χ0n) is 19.3. The molecule has 0 unspecified atom stereocenters. The highest BCUT2D eigenvalue weighted by Crippen LogP contribution is 2.23. The molecule has 7 nitrogen and oxygen atoms in total. The molecule has 2 aromatic carbocycles. The lowest BCUT2D eigenvalue weighted by atomic mass is 10.1. The summed E-state index contributed by atoms with van der Waals surface area (Å²) in [6.07, 6.45) is 0. The van der Waals surface area contributed by atoms with E-state index in [9.17, 15) is 9.59 Å². The van der Waals surface area contributed by atoms with Crippen molar-refractivity contribution in [3.63, 3.8) is 0 Å². The van der Waals surface area contributed by atoms with Crippen molar-refractivity contribution >= 4 is 11.9 Å². The maximum absolute atomic E-state index is 13.4. The van der Waals surface area contributed by atoms with Crippen LogP contribution in [0.25, 0.3) is 0 Å². The molecular formula is C26H27N3O4. The third kappa shape index (κ3) is 5.42. The van der Waals surface area contributed by atoms with E-state index in [1.165, 1.54) is 0 Å². The first-order valence-electron chi connectivity index (χ1n) is 10.7. The number of nitriles is 1. The van der Waals surface area contributed by atoms with Gasteiger partial charge in [-0.25, -0.2) is 4.79 Å². The smallest absolute Gasteiger partial charge is 0.340 e. The van der Waals surface area contributed by atoms with Gasteiger partial charge in [-0.05, 0) is 68.3 Å². The van der Waals surface area contributed by atoms with E-state index in [1.807, 2.05) is 38.1 Å². The lowest BCUT2D eigenvalue weighted by Crippen LogP contribution is -2.30. The van der Waals surface area contributed by atoms with E-state index >= 15 is 0 Å². The molecule has 0 atom stereocenters. The van der Waals surface area contributed by atoms with E-state index in [1.54, 1.807) is 43.2 Å². The van der Waals surface area contributed by atoms with Gasteiger partial charge in [-0.2, -0.15) is 5.26 Å². The fourth-order valence-corrected chi connectivity index (χ4v) is 3.69. The summed E-state index contributed by atoms with van der Waals surface area (Å²) < 4.78 is 10.4. The predicted molar refractivity (Wildman–Crippen MR) is 124 cm³/mol. The molecule has 0 aliphatic carbocycles. The molecule has 3 rings (SSSR count). The fourth-order valence-electron chi connectivity index (χ4n) is 3.69. The molecule has 1 heterocycles. The first-order chi connectivity index (χ1) is 15.9. The number of hydrogen-bond donors (Lipinski definition) is 1. The molecule has 0 saturated carbocycles. The van der Waals surface area contributed by atoms with Crippen molar-refractivity contribution in [2.75, 3.05) is 13.7 Å². The van der Waals surface area contributed by atoms with Crippen molar-refractivity contribution in [1.82, 2.24) is 9.88 Å². The number of H-pyrrole nitrogens is 1. The predicted octanol–water partition coefficient (Wildman–Crippen LogP) is 4.53. The molecule has 7 heteroatoms. The van der Waals surface area contributed by atoms with Gasteiger partial charge in [0.15, 0.2) is 0 Å². The van der Waals surface area contributed by atoms with Crippen LogP contribution in [0, 0.1) is 25.2 Å².